The highest BCUT2D eigenvalue weighted by Gasteiger charge is 2.44. The van der Waals surface area contributed by atoms with E-state index in [1.54, 1.807) is 0 Å². The first-order valence-electron chi connectivity index (χ1n) is 10.2. The molecule has 2 aliphatic heterocycles. The molecule has 2 heterocycles. The Kier molecular flexibility index (Phi) is 6.96. The van der Waals surface area contributed by atoms with Gasteiger partial charge in [-0.2, -0.15) is 0 Å². The van der Waals surface area contributed by atoms with Crippen LogP contribution in [0, 0.1) is 0 Å². The van der Waals surface area contributed by atoms with Gasteiger partial charge in [-0.25, -0.2) is 0 Å². The van der Waals surface area contributed by atoms with Gasteiger partial charge in [-0.15, -0.1) is 0 Å². The highest BCUT2D eigenvalue weighted by atomic mass is 127. The molecule has 0 radical (unpaired) electrons. The van der Waals surface area contributed by atoms with Crippen LogP contribution in [0.25, 0.3) is 0 Å². The lowest BCUT2D eigenvalue weighted by Crippen LogP contribution is -2.55. The largest absolute Gasteiger partial charge is 0.493 e. The van der Waals surface area contributed by atoms with Crippen LogP contribution in [0.1, 0.15) is 40.3 Å². The number of alkyl halides is 1. The van der Waals surface area contributed by atoms with E-state index in [1.807, 2.05) is 24.3 Å². The molecular formula is C23H27IO6. The Morgan fingerprint density at radius 2 is 1.80 bits per heavy atom. The first-order chi connectivity index (χ1) is 14.5. The molecule has 0 spiro atoms. The van der Waals surface area contributed by atoms with Crippen LogP contribution in [0.4, 0.5) is 0 Å². The van der Waals surface area contributed by atoms with Crippen LogP contribution in [0.15, 0.2) is 36.4 Å². The maximum atomic E-state index is 10.5. The molecule has 6 nitrogen and oxygen atoms in total. The molecule has 0 saturated carbocycles. The van der Waals surface area contributed by atoms with Gasteiger partial charge in [0.25, 0.3) is 0 Å². The predicted octanol–water partition coefficient (Wildman–Crippen LogP) is 2.05. The summed E-state index contributed by atoms with van der Waals surface area (Å²) in [4.78, 5) is 0. The molecule has 30 heavy (non-hydrogen) atoms. The SMILES string of the molecule is OC[C@H]1O[C@@H](c2ccc(CI)c(Cc3ccc4c(c3)CCCO4)c2)[C@H](O)[C@@H](O)[C@@H]1O. The number of aliphatic hydroxyl groups is 4. The molecule has 4 rings (SSSR count). The number of fused-ring (bicyclic) bond motifs is 1. The third-order valence-electron chi connectivity index (χ3n) is 5.96. The first kappa shape index (κ1) is 22.0. The van der Waals surface area contributed by atoms with Crippen LogP contribution in [-0.2, 0) is 22.0 Å². The fourth-order valence-corrected chi connectivity index (χ4v) is 4.98. The topological polar surface area (TPSA) is 99.4 Å². The Labute approximate surface area is 189 Å². The minimum Gasteiger partial charge on any atom is -0.493 e. The normalized spacial score (nSPS) is 28.6. The fourth-order valence-electron chi connectivity index (χ4n) is 4.24. The maximum Gasteiger partial charge on any atom is 0.122 e. The Morgan fingerprint density at radius 3 is 2.57 bits per heavy atom. The number of hydrogen-bond donors (Lipinski definition) is 4. The summed E-state index contributed by atoms with van der Waals surface area (Å²) >= 11 is 2.33. The average Bonchev–Trinajstić information content (AvgIpc) is 2.77. The lowest BCUT2D eigenvalue weighted by molar-refractivity contribution is -0.231. The van der Waals surface area contributed by atoms with Crippen molar-refractivity contribution in [2.24, 2.45) is 0 Å². The summed E-state index contributed by atoms with van der Waals surface area (Å²) < 4.78 is 12.3. The van der Waals surface area contributed by atoms with E-state index in [0.717, 1.165) is 47.2 Å². The van der Waals surface area contributed by atoms with Crippen LogP contribution in [0.5, 0.6) is 5.75 Å². The van der Waals surface area contributed by atoms with Crippen molar-refractivity contribution in [3.05, 3.63) is 64.2 Å². The van der Waals surface area contributed by atoms with Gasteiger partial charge >= 0.3 is 0 Å². The molecule has 5 atom stereocenters. The van der Waals surface area contributed by atoms with Gasteiger partial charge in [-0.05, 0) is 53.1 Å². The van der Waals surface area contributed by atoms with Gasteiger partial charge in [0.05, 0.1) is 13.2 Å². The number of aliphatic hydroxyl groups excluding tert-OH is 4. The molecule has 0 aromatic heterocycles. The van der Waals surface area contributed by atoms with E-state index in [1.165, 1.54) is 16.7 Å². The van der Waals surface area contributed by atoms with E-state index < -0.39 is 37.1 Å². The van der Waals surface area contributed by atoms with Gasteiger partial charge in [0.1, 0.15) is 36.3 Å². The van der Waals surface area contributed by atoms with Crippen LogP contribution < -0.4 is 4.74 Å². The summed E-state index contributed by atoms with van der Waals surface area (Å²) in [6.07, 6.45) is -2.96. The summed E-state index contributed by atoms with van der Waals surface area (Å²) in [5.74, 6) is 0.967. The second-order valence-electron chi connectivity index (χ2n) is 7.98. The first-order valence-corrected chi connectivity index (χ1v) is 11.8. The molecule has 0 aliphatic carbocycles. The standard InChI is InChI=1S/C23H27IO6/c24-11-16-5-4-15(23-22(28)21(27)20(26)19(12-25)30-23)10-17(16)9-13-3-6-18-14(8-13)2-1-7-29-18/h3-6,8,10,19-23,25-28H,1-2,7,9,11-12H2/t19-,20-,21+,22-,23+/m1/s1. The predicted molar refractivity (Wildman–Crippen MR) is 120 cm³/mol. The van der Waals surface area contributed by atoms with E-state index in [4.69, 9.17) is 9.47 Å². The van der Waals surface area contributed by atoms with Gasteiger partial charge in [0.15, 0.2) is 0 Å². The molecule has 162 valence electrons. The smallest absolute Gasteiger partial charge is 0.122 e. The molecule has 0 bridgehead atoms. The fraction of sp³-hybridized carbons (Fsp3) is 0.478. The van der Waals surface area contributed by atoms with Crippen molar-refractivity contribution < 1.29 is 29.9 Å². The van der Waals surface area contributed by atoms with E-state index in [0.29, 0.717) is 0 Å². The number of hydrogen-bond acceptors (Lipinski definition) is 6. The molecule has 2 aromatic rings. The lowest BCUT2D eigenvalue weighted by Gasteiger charge is -2.40. The summed E-state index contributed by atoms with van der Waals surface area (Å²) in [5.41, 5.74) is 5.46. The van der Waals surface area contributed by atoms with Gasteiger partial charge in [-0.1, -0.05) is 52.9 Å². The molecule has 0 unspecified atom stereocenters. The monoisotopic (exact) mass is 526 g/mol. The maximum absolute atomic E-state index is 10.5. The van der Waals surface area contributed by atoms with Crippen LogP contribution in [-0.4, -0.2) is 58.1 Å². The third-order valence-corrected chi connectivity index (χ3v) is 6.78. The summed E-state index contributed by atoms with van der Waals surface area (Å²) in [6.45, 7) is 0.337. The van der Waals surface area contributed by atoms with Crippen LogP contribution >= 0.6 is 22.6 Å². The van der Waals surface area contributed by atoms with E-state index in [2.05, 4.69) is 34.7 Å². The Hall–Kier alpha value is -1.23. The van der Waals surface area contributed by atoms with Gasteiger partial charge in [-0.3, -0.25) is 0 Å². The van der Waals surface area contributed by atoms with E-state index >= 15 is 0 Å². The number of rotatable bonds is 5. The number of aryl methyl sites for hydroxylation is 1. The van der Waals surface area contributed by atoms with E-state index in [-0.39, 0.29) is 0 Å². The molecule has 2 aliphatic rings. The van der Waals surface area contributed by atoms with Crippen molar-refractivity contribution in [3.63, 3.8) is 0 Å². The molecule has 7 heteroatoms. The van der Waals surface area contributed by atoms with E-state index in [9.17, 15) is 20.4 Å². The van der Waals surface area contributed by atoms with Crippen molar-refractivity contribution >= 4 is 22.6 Å². The van der Waals surface area contributed by atoms with Gasteiger partial charge < -0.3 is 29.9 Å². The quantitative estimate of drug-likeness (QED) is 0.352. The summed E-state index contributed by atoms with van der Waals surface area (Å²) in [6, 6.07) is 12.2. The second-order valence-corrected chi connectivity index (χ2v) is 8.74. The molecule has 1 saturated heterocycles. The zero-order valence-corrected chi connectivity index (χ0v) is 18.7. The molecule has 4 N–H and O–H groups in total. The second kappa shape index (κ2) is 9.50. The highest BCUT2D eigenvalue weighted by molar-refractivity contribution is 14.1. The minimum atomic E-state index is -1.38. The van der Waals surface area contributed by atoms with Crippen molar-refractivity contribution in [3.8, 4) is 5.75 Å². The molecule has 2 aromatic carbocycles. The average molecular weight is 526 g/mol. The van der Waals surface area contributed by atoms with Crippen molar-refractivity contribution in [1.82, 2.24) is 0 Å². The Bertz CT molecular complexity index is 886. The number of ether oxygens (including phenoxy) is 2. The van der Waals surface area contributed by atoms with Crippen LogP contribution in [0.3, 0.4) is 0 Å². The summed E-state index contributed by atoms with van der Waals surface area (Å²) in [7, 11) is 0. The van der Waals surface area contributed by atoms with Gasteiger partial charge in [0.2, 0.25) is 0 Å². The zero-order chi connectivity index (χ0) is 21.3. The number of benzene rings is 2. The molecule has 1 fully saturated rings. The molecular weight excluding hydrogens is 499 g/mol. The Morgan fingerprint density at radius 1 is 0.967 bits per heavy atom. The van der Waals surface area contributed by atoms with Crippen molar-refractivity contribution in [2.45, 2.75) is 54.2 Å². The summed E-state index contributed by atoms with van der Waals surface area (Å²) in [5, 5.41) is 40.1. The van der Waals surface area contributed by atoms with Crippen LogP contribution in [0.2, 0.25) is 0 Å². The number of halogens is 1. The van der Waals surface area contributed by atoms with Gasteiger partial charge in [0, 0.05) is 4.43 Å². The molecule has 0 amide bonds. The Balaban J connectivity index is 1.62. The minimum absolute atomic E-state index is 0.433. The third kappa shape index (κ3) is 4.37. The lowest BCUT2D eigenvalue weighted by atomic mass is 9.89. The van der Waals surface area contributed by atoms with Crippen molar-refractivity contribution in [1.29, 1.82) is 0 Å². The zero-order valence-electron chi connectivity index (χ0n) is 16.6. The highest BCUT2D eigenvalue weighted by Crippen LogP contribution is 2.34. The van der Waals surface area contributed by atoms with Crippen molar-refractivity contribution in [2.75, 3.05) is 13.2 Å².